The lowest BCUT2D eigenvalue weighted by Crippen LogP contribution is -2.39. The molecular weight excluding hydrogens is 423 g/mol. The SMILES string of the molecule is I.NC(=NCCCOCC1CCOC1)NCCCN1CCOCC1. The first-order chi connectivity index (χ1) is 11.3. The number of aliphatic imine (C=N–C) groups is 1. The number of halogens is 1. The fourth-order valence-corrected chi connectivity index (χ4v) is 2.73. The zero-order valence-corrected chi connectivity index (χ0v) is 16.9. The van der Waals surface area contributed by atoms with E-state index in [9.17, 15) is 0 Å². The number of nitrogens with zero attached hydrogens (tertiary/aromatic N) is 2. The minimum absolute atomic E-state index is 0. The van der Waals surface area contributed by atoms with Crippen LogP contribution in [-0.2, 0) is 14.2 Å². The fourth-order valence-electron chi connectivity index (χ4n) is 2.73. The van der Waals surface area contributed by atoms with Crippen molar-refractivity contribution in [3.8, 4) is 0 Å². The van der Waals surface area contributed by atoms with E-state index in [1.165, 1.54) is 0 Å². The van der Waals surface area contributed by atoms with Crippen molar-refractivity contribution < 1.29 is 14.2 Å². The van der Waals surface area contributed by atoms with Crippen molar-refractivity contribution in [2.45, 2.75) is 19.3 Å². The lowest BCUT2D eigenvalue weighted by molar-refractivity contribution is 0.0376. The van der Waals surface area contributed by atoms with Gasteiger partial charge in [-0.1, -0.05) is 0 Å². The molecule has 2 rings (SSSR count). The molecule has 7 nitrogen and oxygen atoms in total. The highest BCUT2D eigenvalue weighted by atomic mass is 127. The number of hydrogen-bond acceptors (Lipinski definition) is 5. The molecule has 1 atom stereocenters. The Morgan fingerprint density at radius 3 is 2.79 bits per heavy atom. The molecule has 142 valence electrons. The Morgan fingerprint density at radius 1 is 1.21 bits per heavy atom. The first kappa shape index (κ1) is 21.9. The summed E-state index contributed by atoms with van der Waals surface area (Å²) in [5, 5.41) is 3.17. The van der Waals surface area contributed by atoms with Crippen LogP contribution in [-0.4, -0.2) is 83.2 Å². The maximum Gasteiger partial charge on any atom is 0.188 e. The van der Waals surface area contributed by atoms with Gasteiger partial charge in [-0.15, -0.1) is 24.0 Å². The van der Waals surface area contributed by atoms with Gasteiger partial charge in [-0.25, -0.2) is 0 Å². The predicted octanol–water partition coefficient (Wildman–Crippen LogP) is 0.674. The van der Waals surface area contributed by atoms with E-state index in [1.807, 2.05) is 0 Å². The summed E-state index contributed by atoms with van der Waals surface area (Å²) in [6, 6.07) is 0. The molecule has 1 unspecified atom stereocenters. The Hall–Kier alpha value is -0.160. The van der Waals surface area contributed by atoms with Crippen molar-refractivity contribution in [3.63, 3.8) is 0 Å². The number of ether oxygens (including phenoxy) is 3. The van der Waals surface area contributed by atoms with Gasteiger partial charge in [-0.05, 0) is 25.8 Å². The molecule has 0 aromatic carbocycles. The molecule has 2 aliphatic rings. The first-order valence-electron chi connectivity index (χ1n) is 8.84. The van der Waals surface area contributed by atoms with Crippen LogP contribution in [0.2, 0.25) is 0 Å². The summed E-state index contributed by atoms with van der Waals surface area (Å²) >= 11 is 0. The second-order valence-corrected chi connectivity index (χ2v) is 6.16. The van der Waals surface area contributed by atoms with Crippen LogP contribution in [0.3, 0.4) is 0 Å². The molecule has 2 fully saturated rings. The van der Waals surface area contributed by atoms with Crippen LogP contribution in [0.4, 0.5) is 0 Å². The molecule has 2 aliphatic heterocycles. The third-order valence-electron chi connectivity index (χ3n) is 4.17. The van der Waals surface area contributed by atoms with Crippen molar-refractivity contribution in [3.05, 3.63) is 0 Å². The minimum atomic E-state index is 0. The molecule has 0 radical (unpaired) electrons. The van der Waals surface area contributed by atoms with E-state index in [1.54, 1.807) is 0 Å². The molecule has 2 heterocycles. The van der Waals surface area contributed by atoms with Crippen molar-refractivity contribution in [1.82, 2.24) is 10.2 Å². The quantitative estimate of drug-likeness (QED) is 0.218. The minimum Gasteiger partial charge on any atom is -0.381 e. The second kappa shape index (κ2) is 14.1. The number of morpholine rings is 1. The maximum atomic E-state index is 5.86. The predicted molar refractivity (Wildman–Crippen MR) is 106 cm³/mol. The highest BCUT2D eigenvalue weighted by Gasteiger charge is 2.15. The summed E-state index contributed by atoms with van der Waals surface area (Å²) in [7, 11) is 0. The molecule has 24 heavy (non-hydrogen) atoms. The topological polar surface area (TPSA) is 81.3 Å². The molecule has 0 spiro atoms. The van der Waals surface area contributed by atoms with Gasteiger partial charge in [0.05, 0.1) is 26.4 Å². The van der Waals surface area contributed by atoms with E-state index < -0.39 is 0 Å². The van der Waals surface area contributed by atoms with Gasteiger partial charge in [0.25, 0.3) is 0 Å². The molecule has 0 aromatic heterocycles. The van der Waals surface area contributed by atoms with E-state index in [4.69, 9.17) is 19.9 Å². The van der Waals surface area contributed by atoms with Gasteiger partial charge in [-0.2, -0.15) is 0 Å². The van der Waals surface area contributed by atoms with Gasteiger partial charge in [0.2, 0.25) is 0 Å². The van der Waals surface area contributed by atoms with Crippen LogP contribution in [0.25, 0.3) is 0 Å². The van der Waals surface area contributed by atoms with Gasteiger partial charge in [-0.3, -0.25) is 9.89 Å². The second-order valence-electron chi connectivity index (χ2n) is 6.16. The molecule has 0 bridgehead atoms. The zero-order chi connectivity index (χ0) is 16.2. The lowest BCUT2D eigenvalue weighted by atomic mass is 10.1. The zero-order valence-electron chi connectivity index (χ0n) is 14.6. The van der Waals surface area contributed by atoms with Crippen molar-refractivity contribution >= 4 is 29.9 Å². The van der Waals surface area contributed by atoms with E-state index in [2.05, 4.69) is 15.2 Å². The number of rotatable bonds is 10. The van der Waals surface area contributed by atoms with E-state index in [0.29, 0.717) is 18.4 Å². The number of nitrogens with one attached hydrogen (secondary N) is 1. The van der Waals surface area contributed by atoms with Crippen LogP contribution in [0.5, 0.6) is 0 Å². The van der Waals surface area contributed by atoms with Crippen LogP contribution in [0.15, 0.2) is 4.99 Å². The van der Waals surface area contributed by atoms with Crippen LogP contribution in [0, 0.1) is 5.92 Å². The van der Waals surface area contributed by atoms with E-state index in [-0.39, 0.29) is 24.0 Å². The highest BCUT2D eigenvalue weighted by Crippen LogP contribution is 2.12. The van der Waals surface area contributed by atoms with E-state index >= 15 is 0 Å². The third kappa shape index (κ3) is 9.97. The summed E-state index contributed by atoms with van der Waals surface area (Å²) in [6.45, 7) is 9.72. The average molecular weight is 456 g/mol. The third-order valence-corrected chi connectivity index (χ3v) is 4.17. The number of hydrogen-bond donors (Lipinski definition) is 2. The Balaban J connectivity index is 0.00000288. The molecule has 0 amide bonds. The Labute approximate surface area is 162 Å². The smallest absolute Gasteiger partial charge is 0.188 e. The monoisotopic (exact) mass is 456 g/mol. The molecular formula is C16H33IN4O3. The Bertz CT molecular complexity index is 335. The first-order valence-corrected chi connectivity index (χ1v) is 8.84. The largest absolute Gasteiger partial charge is 0.381 e. The number of guanidine groups is 1. The van der Waals surface area contributed by atoms with Gasteiger partial charge in [0.1, 0.15) is 0 Å². The Morgan fingerprint density at radius 2 is 2.04 bits per heavy atom. The summed E-state index contributed by atoms with van der Waals surface area (Å²) < 4.78 is 16.3. The van der Waals surface area contributed by atoms with Gasteiger partial charge >= 0.3 is 0 Å². The summed E-state index contributed by atoms with van der Waals surface area (Å²) in [6.07, 6.45) is 3.10. The van der Waals surface area contributed by atoms with Gasteiger partial charge in [0.15, 0.2) is 5.96 Å². The molecule has 3 N–H and O–H groups in total. The standard InChI is InChI=1S/C16H32N4O3.HI/c17-16(18-4-1-6-20-7-11-21-12-8-20)19-5-2-9-22-13-15-3-10-23-14-15;/h15H,1-14H2,(H3,17,18,19);1H. The molecule has 2 saturated heterocycles. The molecule has 8 heteroatoms. The molecule has 0 aliphatic carbocycles. The van der Waals surface area contributed by atoms with Crippen molar-refractivity contribution in [1.29, 1.82) is 0 Å². The summed E-state index contributed by atoms with van der Waals surface area (Å²) in [5.41, 5.74) is 5.86. The molecule has 0 aromatic rings. The van der Waals surface area contributed by atoms with E-state index in [0.717, 1.165) is 85.1 Å². The van der Waals surface area contributed by atoms with Crippen LogP contribution in [0.1, 0.15) is 19.3 Å². The summed E-state index contributed by atoms with van der Waals surface area (Å²) in [4.78, 5) is 6.74. The highest BCUT2D eigenvalue weighted by molar-refractivity contribution is 14.0. The van der Waals surface area contributed by atoms with Gasteiger partial charge < -0.3 is 25.3 Å². The fraction of sp³-hybridized carbons (Fsp3) is 0.938. The average Bonchev–Trinajstić information content (AvgIpc) is 3.09. The van der Waals surface area contributed by atoms with Crippen LogP contribution >= 0.6 is 24.0 Å². The number of nitrogens with two attached hydrogens (primary N) is 1. The van der Waals surface area contributed by atoms with Crippen molar-refractivity contribution in [2.24, 2.45) is 16.6 Å². The lowest BCUT2D eigenvalue weighted by Gasteiger charge is -2.26. The summed E-state index contributed by atoms with van der Waals surface area (Å²) in [5.74, 6) is 1.12. The molecule has 0 saturated carbocycles. The maximum absolute atomic E-state index is 5.86. The van der Waals surface area contributed by atoms with Crippen LogP contribution < -0.4 is 11.1 Å². The van der Waals surface area contributed by atoms with Crippen molar-refractivity contribution in [2.75, 3.05) is 72.4 Å². The Kier molecular flexibility index (Phi) is 12.8. The normalized spacial score (nSPS) is 22.3. The van der Waals surface area contributed by atoms with Gasteiger partial charge in [0, 0.05) is 45.3 Å².